The Kier molecular flexibility index (Phi) is 5.37. The summed E-state index contributed by atoms with van der Waals surface area (Å²) in [6.45, 7) is 3.30. The van der Waals surface area contributed by atoms with Gasteiger partial charge in [-0.2, -0.15) is 0 Å². The van der Waals surface area contributed by atoms with E-state index in [-0.39, 0.29) is 6.10 Å². The van der Waals surface area contributed by atoms with E-state index in [4.69, 9.17) is 10.2 Å². The first kappa shape index (κ1) is 11.2. The molecule has 12 heavy (non-hydrogen) atoms. The van der Waals surface area contributed by atoms with Gasteiger partial charge in [0.25, 0.3) is 0 Å². The van der Waals surface area contributed by atoms with Crippen molar-refractivity contribution in [3.05, 3.63) is 11.6 Å². The van der Waals surface area contributed by atoms with Gasteiger partial charge in [-0.3, -0.25) is 0 Å². The van der Waals surface area contributed by atoms with E-state index < -0.39 is 5.97 Å². The third kappa shape index (κ3) is 5.92. The Labute approximate surface area is 72.7 Å². The third-order valence-corrected chi connectivity index (χ3v) is 1.61. The summed E-state index contributed by atoms with van der Waals surface area (Å²) in [5.74, 6) is -0.868. The smallest absolute Gasteiger partial charge is 0.330 e. The van der Waals surface area contributed by atoms with Gasteiger partial charge in [-0.05, 0) is 33.1 Å². The number of aliphatic hydroxyl groups is 1. The summed E-state index contributed by atoms with van der Waals surface area (Å²) in [5, 5.41) is 17.4. The summed E-state index contributed by atoms with van der Waals surface area (Å²) in [6.07, 6.45) is 3.68. The SMILES string of the molecule is CC(=CCCCC(C)O)C(=O)O. The Morgan fingerprint density at radius 2 is 2.17 bits per heavy atom. The first-order valence-corrected chi connectivity index (χ1v) is 4.12. The molecule has 70 valence electrons. The van der Waals surface area contributed by atoms with Crippen molar-refractivity contribution in [2.24, 2.45) is 0 Å². The predicted molar refractivity (Wildman–Crippen MR) is 46.9 cm³/mol. The van der Waals surface area contributed by atoms with Crippen LogP contribution in [-0.2, 0) is 4.79 Å². The molecular formula is C9H16O3. The number of carboxylic acid groups (broad SMARTS) is 1. The summed E-state index contributed by atoms with van der Waals surface area (Å²) < 4.78 is 0. The molecule has 0 aliphatic rings. The van der Waals surface area contributed by atoms with E-state index in [1.54, 1.807) is 19.9 Å². The van der Waals surface area contributed by atoms with E-state index in [2.05, 4.69) is 0 Å². The maximum Gasteiger partial charge on any atom is 0.330 e. The number of carbonyl (C=O) groups is 1. The van der Waals surface area contributed by atoms with Gasteiger partial charge < -0.3 is 10.2 Å². The van der Waals surface area contributed by atoms with Crippen molar-refractivity contribution in [2.75, 3.05) is 0 Å². The molecule has 0 aromatic rings. The quantitative estimate of drug-likeness (QED) is 0.489. The Balaban J connectivity index is 3.54. The van der Waals surface area contributed by atoms with Gasteiger partial charge in [-0.15, -0.1) is 0 Å². The van der Waals surface area contributed by atoms with Crippen LogP contribution in [0, 0.1) is 0 Å². The molecule has 0 aliphatic heterocycles. The molecule has 3 heteroatoms. The average Bonchev–Trinajstić information content (AvgIpc) is 1.97. The molecule has 1 unspecified atom stereocenters. The van der Waals surface area contributed by atoms with E-state index in [1.165, 1.54) is 0 Å². The highest BCUT2D eigenvalue weighted by atomic mass is 16.4. The molecule has 0 aromatic heterocycles. The molecule has 0 spiro atoms. The van der Waals surface area contributed by atoms with E-state index in [1.807, 2.05) is 0 Å². The molecule has 0 amide bonds. The first-order chi connectivity index (χ1) is 5.54. The zero-order chi connectivity index (χ0) is 9.56. The van der Waals surface area contributed by atoms with E-state index >= 15 is 0 Å². The van der Waals surface area contributed by atoms with E-state index in [0.29, 0.717) is 5.57 Å². The van der Waals surface area contributed by atoms with E-state index in [9.17, 15) is 4.79 Å². The molecule has 2 N–H and O–H groups in total. The summed E-state index contributed by atoms with van der Waals surface area (Å²) >= 11 is 0. The van der Waals surface area contributed by atoms with Crippen LogP contribution < -0.4 is 0 Å². The lowest BCUT2D eigenvalue weighted by atomic mass is 10.1. The second-order valence-electron chi connectivity index (χ2n) is 2.97. The minimum absolute atomic E-state index is 0.288. The largest absolute Gasteiger partial charge is 0.478 e. The Morgan fingerprint density at radius 3 is 2.58 bits per heavy atom. The van der Waals surface area contributed by atoms with Crippen LogP contribution in [0.5, 0.6) is 0 Å². The number of unbranched alkanes of at least 4 members (excludes halogenated alkanes) is 1. The average molecular weight is 172 g/mol. The molecule has 0 rings (SSSR count). The number of aliphatic hydroxyl groups excluding tert-OH is 1. The first-order valence-electron chi connectivity index (χ1n) is 4.12. The summed E-state index contributed by atoms with van der Waals surface area (Å²) in [5.41, 5.74) is 0.376. The van der Waals surface area contributed by atoms with Crippen molar-refractivity contribution in [1.29, 1.82) is 0 Å². The molecule has 0 fully saturated rings. The van der Waals surface area contributed by atoms with Crippen LogP contribution in [0.3, 0.4) is 0 Å². The monoisotopic (exact) mass is 172 g/mol. The van der Waals surface area contributed by atoms with Crippen molar-refractivity contribution in [3.63, 3.8) is 0 Å². The van der Waals surface area contributed by atoms with Gasteiger partial charge >= 0.3 is 5.97 Å². The number of allylic oxidation sites excluding steroid dienone is 1. The Hall–Kier alpha value is -0.830. The van der Waals surface area contributed by atoms with Crippen LogP contribution in [0.4, 0.5) is 0 Å². The molecule has 0 saturated carbocycles. The molecule has 0 saturated heterocycles. The van der Waals surface area contributed by atoms with Gasteiger partial charge in [0.05, 0.1) is 6.10 Å². The third-order valence-electron chi connectivity index (χ3n) is 1.61. The zero-order valence-electron chi connectivity index (χ0n) is 7.58. The fraction of sp³-hybridized carbons (Fsp3) is 0.667. The molecule has 1 atom stereocenters. The van der Waals surface area contributed by atoms with Crippen molar-refractivity contribution >= 4 is 5.97 Å². The Morgan fingerprint density at radius 1 is 1.58 bits per heavy atom. The summed E-state index contributed by atoms with van der Waals surface area (Å²) in [7, 11) is 0. The zero-order valence-corrected chi connectivity index (χ0v) is 7.58. The van der Waals surface area contributed by atoms with Crippen molar-refractivity contribution in [1.82, 2.24) is 0 Å². The fourth-order valence-electron chi connectivity index (χ4n) is 0.819. The topological polar surface area (TPSA) is 57.5 Å². The molecule has 0 bridgehead atoms. The predicted octanol–water partition coefficient (Wildman–Crippen LogP) is 1.57. The maximum atomic E-state index is 10.3. The number of hydrogen-bond donors (Lipinski definition) is 2. The number of aliphatic carboxylic acids is 1. The van der Waals surface area contributed by atoms with Crippen LogP contribution in [0.15, 0.2) is 11.6 Å². The van der Waals surface area contributed by atoms with Crippen molar-refractivity contribution in [3.8, 4) is 0 Å². The summed E-state index contributed by atoms with van der Waals surface area (Å²) in [4.78, 5) is 10.3. The van der Waals surface area contributed by atoms with Gasteiger partial charge in [-0.25, -0.2) is 4.79 Å². The number of rotatable bonds is 5. The molecule has 0 aromatic carbocycles. The second-order valence-corrected chi connectivity index (χ2v) is 2.97. The minimum Gasteiger partial charge on any atom is -0.478 e. The molecule has 0 aliphatic carbocycles. The highest BCUT2D eigenvalue weighted by molar-refractivity contribution is 5.85. The van der Waals surface area contributed by atoms with Gasteiger partial charge in [0.15, 0.2) is 0 Å². The second kappa shape index (κ2) is 5.77. The fourth-order valence-corrected chi connectivity index (χ4v) is 0.819. The van der Waals surface area contributed by atoms with Gasteiger partial charge in [0.1, 0.15) is 0 Å². The lowest BCUT2D eigenvalue weighted by Crippen LogP contribution is -1.99. The number of hydrogen-bond acceptors (Lipinski definition) is 2. The van der Waals surface area contributed by atoms with Crippen LogP contribution in [-0.4, -0.2) is 22.3 Å². The van der Waals surface area contributed by atoms with Crippen LogP contribution >= 0.6 is 0 Å². The van der Waals surface area contributed by atoms with Crippen LogP contribution in [0.1, 0.15) is 33.1 Å². The highest BCUT2D eigenvalue weighted by Gasteiger charge is 1.98. The van der Waals surface area contributed by atoms with Crippen LogP contribution in [0.25, 0.3) is 0 Å². The Bertz CT molecular complexity index is 171. The lowest BCUT2D eigenvalue weighted by Gasteiger charge is -2.00. The van der Waals surface area contributed by atoms with Crippen LogP contribution in [0.2, 0.25) is 0 Å². The van der Waals surface area contributed by atoms with Crippen molar-refractivity contribution < 1.29 is 15.0 Å². The summed E-state index contributed by atoms with van der Waals surface area (Å²) in [6, 6.07) is 0. The maximum absolute atomic E-state index is 10.3. The minimum atomic E-state index is -0.868. The highest BCUT2D eigenvalue weighted by Crippen LogP contribution is 2.03. The molecular weight excluding hydrogens is 156 g/mol. The van der Waals surface area contributed by atoms with Gasteiger partial charge in [0.2, 0.25) is 0 Å². The van der Waals surface area contributed by atoms with Gasteiger partial charge in [-0.1, -0.05) is 6.08 Å². The number of carboxylic acids is 1. The normalized spacial score (nSPS) is 14.4. The molecule has 3 nitrogen and oxygen atoms in total. The molecule has 0 heterocycles. The lowest BCUT2D eigenvalue weighted by molar-refractivity contribution is -0.132. The van der Waals surface area contributed by atoms with Gasteiger partial charge in [0, 0.05) is 5.57 Å². The van der Waals surface area contributed by atoms with Crippen molar-refractivity contribution in [2.45, 2.75) is 39.2 Å². The standard InChI is InChI=1S/C9H16O3/c1-7(9(11)12)5-3-4-6-8(2)10/h5,8,10H,3-4,6H2,1-2H3,(H,11,12). The van der Waals surface area contributed by atoms with E-state index in [0.717, 1.165) is 19.3 Å². The molecule has 0 radical (unpaired) electrons.